The van der Waals surface area contributed by atoms with Crippen LogP contribution >= 0.6 is 15.9 Å². The summed E-state index contributed by atoms with van der Waals surface area (Å²) in [5.74, 6) is -0.0375. The normalized spacial score (nSPS) is 11.3. The van der Waals surface area contributed by atoms with Gasteiger partial charge in [0, 0.05) is 43.5 Å². The van der Waals surface area contributed by atoms with Crippen LogP contribution in [0.15, 0.2) is 16.7 Å². The average Bonchev–Trinajstić information content (AvgIpc) is 2.78. The molecule has 6 heteroatoms. The highest BCUT2D eigenvalue weighted by Crippen LogP contribution is 2.19. The lowest BCUT2D eigenvalue weighted by molar-refractivity contribution is 0.0937. The molecule has 0 aliphatic carbocycles. The molecule has 0 fully saturated rings. The van der Waals surface area contributed by atoms with Crippen LogP contribution in [-0.4, -0.2) is 55.8 Å². The molecule has 1 rings (SSSR count). The van der Waals surface area contributed by atoms with Gasteiger partial charge in [0.2, 0.25) is 0 Å². The molecule has 0 aromatic carbocycles. The van der Waals surface area contributed by atoms with E-state index in [0.29, 0.717) is 18.8 Å². The van der Waals surface area contributed by atoms with Gasteiger partial charge in [0.05, 0.1) is 6.61 Å². The summed E-state index contributed by atoms with van der Waals surface area (Å²) >= 11 is 3.42. The number of rotatable bonds is 8. The first-order valence-corrected chi connectivity index (χ1v) is 7.58. The quantitative estimate of drug-likeness (QED) is 0.785. The van der Waals surface area contributed by atoms with Crippen molar-refractivity contribution >= 4 is 21.8 Å². The number of carbonyl (C=O) groups is 1. The number of aromatic nitrogens is 1. The first kappa shape index (κ1) is 17.2. The van der Waals surface area contributed by atoms with Gasteiger partial charge < -0.3 is 19.5 Å². The van der Waals surface area contributed by atoms with Crippen molar-refractivity contribution in [3.05, 3.63) is 22.4 Å². The predicted octanol–water partition coefficient (Wildman–Crippen LogP) is 2.14. The molecule has 1 N–H and O–H groups in total. The lowest BCUT2D eigenvalue weighted by atomic mass is 10.3. The van der Waals surface area contributed by atoms with E-state index in [-0.39, 0.29) is 11.9 Å². The number of hydrogen-bond acceptors (Lipinski definition) is 3. The highest BCUT2D eigenvalue weighted by molar-refractivity contribution is 9.10. The second-order valence-corrected chi connectivity index (χ2v) is 6.01. The summed E-state index contributed by atoms with van der Waals surface area (Å²) in [6.45, 7) is 7.11. The Bertz CT molecular complexity index is 432. The monoisotopic (exact) mass is 345 g/mol. The van der Waals surface area contributed by atoms with Crippen molar-refractivity contribution in [3.8, 4) is 0 Å². The molecule has 0 aliphatic rings. The van der Waals surface area contributed by atoms with E-state index in [0.717, 1.165) is 17.6 Å². The van der Waals surface area contributed by atoms with E-state index in [1.165, 1.54) is 0 Å². The number of hydrogen-bond donors (Lipinski definition) is 1. The van der Waals surface area contributed by atoms with Crippen molar-refractivity contribution in [1.29, 1.82) is 0 Å². The van der Waals surface area contributed by atoms with Crippen LogP contribution in [0.3, 0.4) is 0 Å². The summed E-state index contributed by atoms with van der Waals surface area (Å²) in [6.07, 6.45) is 1.93. The Morgan fingerprint density at radius 2 is 2.20 bits per heavy atom. The molecule has 1 amide bonds. The Hall–Kier alpha value is -0.850. The van der Waals surface area contributed by atoms with Gasteiger partial charge in [-0.3, -0.25) is 4.79 Å². The van der Waals surface area contributed by atoms with Crippen molar-refractivity contribution in [1.82, 2.24) is 14.8 Å². The third-order valence-electron chi connectivity index (χ3n) is 3.06. The van der Waals surface area contributed by atoms with E-state index >= 15 is 0 Å². The minimum absolute atomic E-state index is 0.0375. The summed E-state index contributed by atoms with van der Waals surface area (Å²) in [4.78, 5) is 14.3. The van der Waals surface area contributed by atoms with Crippen LogP contribution in [0.1, 0.15) is 30.4 Å². The second kappa shape index (κ2) is 8.44. The smallest absolute Gasteiger partial charge is 0.268 e. The topological polar surface area (TPSA) is 46.5 Å². The highest BCUT2D eigenvalue weighted by atomic mass is 79.9. The lowest BCUT2D eigenvalue weighted by Gasteiger charge is -2.17. The molecule has 0 spiro atoms. The molecular formula is C14H24BrN3O2. The van der Waals surface area contributed by atoms with E-state index in [4.69, 9.17) is 4.74 Å². The van der Waals surface area contributed by atoms with Crippen LogP contribution in [-0.2, 0) is 4.74 Å². The molecular weight excluding hydrogens is 322 g/mol. The largest absolute Gasteiger partial charge is 0.383 e. The zero-order valence-electron chi connectivity index (χ0n) is 12.6. The molecule has 0 radical (unpaired) electrons. The number of amides is 1. The molecule has 1 heterocycles. The van der Waals surface area contributed by atoms with E-state index in [9.17, 15) is 4.79 Å². The summed E-state index contributed by atoms with van der Waals surface area (Å²) in [6, 6.07) is 2.11. The SMILES string of the molecule is COCCN(C)CCNC(=O)c1cc(Br)cn1C(C)C. The molecule has 20 heavy (non-hydrogen) atoms. The van der Waals surface area contributed by atoms with Gasteiger partial charge >= 0.3 is 0 Å². The summed E-state index contributed by atoms with van der Waals surface area (Å²) in [7, 11) is 3.70. The molecule has 0 aliphatic heterocycles. The zero-order valence-corrected chi connectivity index (χ0v) is 14.2. The first-order chi connectivity index (χ1) is 9.45. The molecule has 114 valence electrons. The van der Waals surface area contributed by atoms with Crippen LogP contribution in [0.2, 0.25) is 0 Å². The molecule has 1 aromatic heterocycles. The van der Waals surface area contributed by atoms with Gasteiger partial charge in [0.15, 0.2) is 0 Å². The maximum Gasteiger partial charge on any atom is 0.268 e. The average molecular weight is 346 g/mol. The number of carbonyl (C=O) groups excluding carboxylic acids is 1. The predicted molar refractivity (Wildman–Crippen MR) is 84.2 cm³/mol. The maximum atomic E-state index is 12.2. The highest BCUT2D eigenvalue weighted by Gasteiger charge is 2.14. The standard InChI is InChI=1S/C14H24BrN3O2/c1-11(2)18-10-12(15)9-13(18)14(19)16-5-6-17(3)7-8-20-4/h9-11H,5-8H2,1-4H3,(H,16,19). The zero-order chi connectivity index (χ0) is 15.1. The number of likely N-dealkylation sites (N-methyl/N-ethyl adjacent to an activating group) is 1. The second-order valence-electron chi connectivity index (χ2n) is 5.10. The van der Waals surface area contributed by atoms with Crippen molar-refractivity contribution in [2.45, 2.75) is 19.9 Å². The van der Waals surface area contributed by atoms with Crippen LogP contribution < -0.4 is 5.32 Å². The third-order valence-corrected chi connectivity index (χ3v) is 3.49. The lowest BCUT2D eigenvalue weighted by Crippen LogP contribution is -2.35. The Morgan fingerprint density at radius 3 is 2.80 bits per heavy atom. The molecule has 1 aromatic rings. The Kier molecular flexibility index (Phi) is 7.26. The van der Waals surface area contributed by atoms with Gasteiger partial charge in [-0.1, -0.05) is 0 Å². The van der Waals surface area contributed by atoms with Crippen molar-refractivity contribution in [2.24, 2.45) is 0 Å². The van der Waals surface area contributed by atoms with Crippen molar-refractivity contribution in [3.63, 3.8) is 0 Å². The van der Waals surface area contributed by atoms with Crippen LogP contribution in [0.25, 0.3) is 0 Å². The molecule has 0 saturated heterocycles. The van der Waals surface area contributed by atoms with E-state index in [2.05, 4.69) is 40.0 Å². The third kappa shape index (κ3) is 5.26. The van der Waals surface area contributed by atoms with Gasteiger partial charge in [0.25, 0.3) is 5.91 Å². The number of ether oxygens (including phenoxy) is 1. The van der Waals surface area contributed by atoms with Gasteiger partial charge in [0.1, 0.15) is 5.69 Å². The van der Waals surface area contributed by atoms with Gasteiger partial charge in [-0.2, -0.15) is 0 Å². The summed E-state index contributed by atoms with van der Waals surface area (Å²) in [5.41, 5.74) is 0.686. The first-order valence-electron chi connectivity index (χ1n) is 6.78. The number of nitrogens with zero attached hydrogens (tertiary/aromatic N) is 2. The molecule has 5 nitrogen and oxygen atoms in total. The fourth-order valence-electron chi connectivity index (χ4n) is 1.86. The van der Waals surface area contributed by atoms with Crippen LogP contribution in [0.5, 0.6) is 0 Å². The number of methoxy groups -OCH3 is 1. The van der Waals surface area contributed by atoms with Crippen molar-refractivity contribution in [2.75, 3.05) is 40.4 Å². The maximum absolute atomic E-state index is 12.2. The fraction of sp³-hybridized carbons (Fsp3) is 0.643. The molecule has 0 atom stereocenters. The van der Waals surface area contributed by atoms with Gasteiger partial charge in [-0.25, -0.2) is 0 Å². The van der Waals surface area contributed by atoms with E-state index < -0.39 is 0 Å². The minimum Gasteiger partial charge on any atom is -0.383 e. The van der Waals surface area contributed by atoms with Crippen LogP contribution in [0, 0.1) is 0 Å². The summed E-state index contributed by atoms with van der Waals surface area (Å²) in [5, 5.41) is 2.95. The Labute approximate surface area is 129 Å². The molecule has 0 unspecified atom stereocenters. The minimum atomic E-state index is -0.0375. The molecule has 0 saturated carbocycles. The van der Waals surface area contributed by atoms with Gasteiger partial charge in [-0.05, 0) is 42.9 Å². The Morgan fingerprint density at radius 1 is 1.50 bits per heavy atom. The Balaban J connectivity index is 2.47. The van der Waals surface area contributed by atoms with Crippen molar-refractivity contribution < 1.29 is 9.53 Å². The van der Waals surface area contributed by atoms with E-state index in [1.807, 2.05) is 23.9 Å². The van der Waals surface area contributed by atoms with Gasteiger partial charge in [-0.15, -0.1) is 0 Å². The fourth-order valence-corrected chi connectivity index (χ4v) is 2.30. The molecule has 0 bridgehead atoms. The summed E-state index contributed by atoms with van der Waals surface area (Å²) < 4.78 is 7.91. The van der Waals surface area contributed by atoms with Crippen LogP contribution in [0.4, 0.5) is 0 Å². The van der Waals surface area contributed by atoms with E-state index in [1.54, 1.807) is 7.11 Å². The number of halogens is 1. The number of nitrogens with one attached hydrogen (secondary N) is 1.